The lowest BCUT2D eigenvalue weighted by Crippen LogP contribution is -2.01. The molecule has 126 valence electrons. The van der Waals surface area contributed by atoms with E-state index in [1.165, 1.54) is 0 Å². The molecule has 3 rings (SSSR count). The minimum atomic E-state index is 0.126. The summed E-state index contributed by atoms with van der Waals surface area (Å²) >= 11 is 6.01. The van der Waals surface area contributed by atoms with Crippen LogP contribution in [0, 0.1) is 0 Å². The molecule has 0 atom stereocenters. The lowest BCUT2D eigenvalue weighted by Gasteiger charge is -2.15. The fraction of sp³-hybridized carbons (Fsp3) is 0.267. The van der Waals surface area contributed by atoms with Crippen molar-refractivity contribution in [1.29, 1.82) is 0 Å². The highest BCUT2D eigenvalue weighted by Crippen LogP contribution is 2.40. The molecule has 0 amide bonds. The molecule has 1 aromatic carbocycles. The molecule has 0 aliphatic rings. The van der Waals surface area contributed by atoms with Gasteiger partial charge in [-0.1, -0.05) is 0 Å². The van der Waals surface area contributed by atoms with Crippen LogP contribution in [0.15, 0.2) is 18.5 Å². The highest BCUT2D eigenvalue weighted by atomic mass is 35.5. The number of imidazole rings is 1. The Kier molecular flexibility index (Phi) is 4.30. The number of rotatable bonds is 5. The van der Waals surface area contributed by atoms with Gasteiger partial charge in [-0.25, -0.2) is 4.98 Å². The quantitative estimate of drug-likeness (QED) is 0.709. The second-order valence-electron chi connectivity index (χ2n) is 4.91. The van der Waals surface area contributed by atoms with Crippen molar-refractivity contribution in [3.8, 4) is 17.2 Å². The van der Waals surface area contributed by atoms with Crippen LogP contribution in [0.4, 0.5) is 11.5 Å². The molecule has 0 spiro atoms. The third-order valence-corrected chi connectivity index (χ3v) is 3.63. The van der Waals surface area contributed by atoms with E-state index in [1.54, 1.807) is 44.4 Å². The summed E-state index contributed by atoms with van der Waals surface area (Å²) in [5, 5.41) is 3.30. The summed E-state index contributed by atoms with van der Waals surface area (Å²) in [6, 6.07) is 3.54. The maximum absolute atomic E-state index is 6.01. The van der Waals surface area contributed by atoms with Crippen LogP contribution >= 0.6 is 11.6 Å². The van der Waals surface area contributed by atoms with E-state index in [0.29, 0.717) is 39.9 Å². The number of methoxy groups -OCH3 is 3. The smallest absolute Gasteiger partial charge is 0.226 e. The molecule has 0 saturated carbocycles. The Bertz CT molecular complexity index is 871. The molecule has 0 fully saturated rings. The van der Waals surface area contributed by atoms with Gasteiger partial charge in [0.1, 0.15) is 0 Å². The van der Waals surface area contributed by atoms with Crippen molar-refractivity contribution >= 4 is 34.3 Å². The maximum Gasteiger partial charge on any atom is 0.226 e. The van der Waals surface area contributed by atoms with Gasteiger partial charge in [0.15, 0.2) is 28.5 Å². The normalized spacial score (nSPS) is 10.7. The summed E-state index contributed by atoms with van der Waals surface area (Å²) in [4.78, 5) is 12.7. The highest BCUT2D eigenvalue weighted by molar-refractivity contribution is 6.28. The molecule has 24 heavy (non-hydrogen) atoms. The van der Waals surface area contributed by atoms with Gasteiger partial charge in [-0.2, -0.15) is 9.97 Å². The average Bonchev–Trinajstić information content (AvgIpc) is 2.95. The molecule has 1 N–H and O–H groups in total. The Hall–Kier alpha value is -2.74. The first kappa shape index (κ1) is 16.1. The van der Waals surface area contributed by atoms with Crippen LogP contribution in [-0.2, 0) is 7.05 Å². The van der Waals surface area contributed by atoms with Crippen LogP contribution in [0.5, 0.6) is 17.2 Å². The molecule has 0 aliphatic heterocycles. The van der Waals surface area contributed by atoms with Gasteiger partial charge < -0.3 is 24.1 Å². The number of nitrogens with zero attached hydrogens (tertiary/aromatic N) is 4. The van der Waals surface area contributed by atoms with Crippen molar-refractivity contribution < 1.29 is 14.2 Å². The molecular weight excluding hydrogens is 334 g/mol. The Morgan fingerprint density at radius 3 is 2.29 bits per heavy atom. The first-order valence-corrected chi connectivity index (χ1v) is 7.36. The topological polar surface area (TPSA) is 83.3 Å². The molecule has 0 unspecified atom stereocenters. The molecule has 8 nitrogen and oxygen atoms in total. The Morgan fingerprint density at radius 2 is 1.71 bits per heavy atom. The number of anilines is 2. The van der Waals surface area contributed by atoms with E-state index < -0.39 is 0 Å². The van der Waals surface area contributed by atoms with Gasteiger partial charge in [0.25, 0.3) is 0 Å². The summed E-state index contributed by atoms with van der Waals surface area (Å²) in [6.45, 7) is 0. The number of aromatic nitrogens is 4. The third kappa shape index (κ3) is 2.76. The summed E-state index contributed by atoms with van der Waals surface area (Å²) < 4.78 is 17.8. The predicted molar refractivity (Wildman–Crippen MR) is 90.7 cm³/mol. The number of ether oxygens (including phenoxy) is 3. The van der Waals surface area contributed by atoms with Gasteiger partial charge in [-0.15, -0.1) is 0 Å². The first-order valence-electron chi connectivity index (χ1n) is 6.99. The fourth-order valence-electron chi connectivity index (χ4n) is 2.36. The van der Waals surface area contributed by atoms with Crippen molar-refractivity contribution in [2.45, 2.75) is 0 Å². The van der Waals surface area contributed by atoms with Gasteiger partial charge >= 0.3 is 0 Å². The number of hydrogen-bond donors (Lipinski definition) is 1. The monoisotopic (exact) mass is 349 g/mol. The fourth-order valence-corrected chi connectivity index (χ4v) is 2.52. The highest BCUT2D eigenvalue weighted by Gasteiger charge is 2.16. The number of nitrogens with one attached hydrogen (secondary N) is 1. The van der Waals surface area contributed by atoms with Crippen LogP contribution in [0.2, 0.25) is 5.28 Å². The average molecular weight is 350 g/mol. The Labute approximate surface area is 143 Å². The first-order chi connectivity index (χ1) is 11.6. The standard InChI is InChI=1S/C15H16ClN5O3/c1-21-7-17-11-13(19-15(16)20-14(11)21)18-8-5-9(22-2)12(24-4)10(6-8)23-3/h5-7H,1-4H3,(H,18,19,20). The number of benzene rings is 1. The van der Waals surface area contributed by atoms with E-state index >= 15 is 0 Å². The van der Waals surface area contributed by atoms with E-state index in [-0.39, 0.29) is 5.28 Å². The van der Waals surface area contributed by atoms with Crippen LogP contribution < -0.4 is 19.5 Å². The van der Waals surface area contributed by atoms with Gasteiger partial charge in [0, 0.05) is 24.9 Å². The zero-order valence-corrected chi connectivity index (χ0v) is 14.4. The van der Waals surface area contributed by atoms with Crippen molar-refractivity contribution in [3.05, 3.63) is 23.7 Å². The molecule has 9 heteroatoms. The molecular formula is C15H16ClN5O3. The summed E-state index contributed by atoms with van der Waals surface area (Å²) in [6.07, 6.45) is 1.65. The summed E-state index contributed by atoms with van der Waals surface area (Å²) in [5.74, 6) is 2.04. The molecule has 2 aromatic heterocycles. The van der Waals surface area contributed by atoms with E-state index in [2.05, 4.69) is 20.3 Å². The number of fused-ring (bicyclic) bond motifs is 1. The summed E-state index contributed by atoms with van der Waals surface area (Å²) in [5.41, 5.74) is 1.92. The van der Waals surface area contributed by atoms with E-state index in [4.69, 9.17) is 25.8 Å². The van der Waals surface area contributed by atoms with Crippen LogP contribution in [-0.4, -0.2) is 40.8 Å². The second-order valence-corrected chi connectivity index (χ2v) is 5.25. The second kappa shape index (κ2) is 6.40. The molecule has 2 heterocycles. The molecule has 0 radical (unpaired) electrons. The lowest BCUT2D eigenvalue weighted by atomic mass is 10.2. The van der Waals surface area contributed by atoms with Crippen LogP contribution in [0.25, 0.3) is 11.2 Å². The van der Waals surface area contributed by atoms with Crippen molar-refractivity contribution in [2.24, 2.45) is 7.05 Å². The minimum absolute atomic E-state index is 0.126. The SMILES string of the molecule is COc1cc(Nc2nc(Cl)nc3c2ncn3C)cc(OC)c1OC. The van der Waals surface area contributed by atoms with Gasteiger partial charge in [-0.05, 0) is 11.6 Å². The van der Waals surface area contributed by atoms with Crippen molar-refractivity contribution in [1.82, 2.24) is 19.5 Å². The number of hydrogen-bond acceptors (Lipinski definition) is 7. The molecule has 0 bridgehead atoms. The van der Waals surface area contributed by atoms with E-state index in [1.807, 2.05) is 7.05 Å². The number of halogens is 1. The van der Waals surface area contributed by atoms with Crippen LogP contribution in [0.1, 0.15) is 0 Å². The van der Waals surface area contributed by atoms with Crippen LogP contribution in [0.3, 0.4) is 0 Å². The Morgan fingerprint density at radius 1 is 1.04 bits per heavy atom. The van der Waals surface area contributed by atoms with Gasteiger partial charge in [0.05, 0.1) is 27.7 Å². The van der Waals surface area contributed by atoms with Gasteiger partial charge in [0.2, 0.25) is 11.0 Å². The maximum atomic E-state index is 6.01. The minimum Gasteiger partial charge on any atom is -0.493 e. The van der Waals surface area contributed by atoms with E-state index in [0.717, 1.165) is 0 Å². The predicted octanol–water partition coefficient (Wildman–Crippen LogP) is 2.79. The molecule has 0 aliphatic carbocycles. The molecule has 3 aromatic rings. The largest absolute Gasteiger partial charge is 0.493 e. The molecule has 0 saturated heterocycles. The number of aryl methyl sites for hydroxylation is 1. The van der Waals surface area contributed by atoms with Crippen molar-refractivity contribution in [2.75, 3.05) is 26.6 Å². The third-order valence-electron chi connectivity index (χ3n) is 3.46. The van der Waals surface area contributed by atoms with Gasteiger partial charge in [-0.3, -0.25) is 0 Å². The lowest BCUT2D eigenvalue weighted by molar-refractivity contribution is 0.324. The zero-order chi connectivity index (χ0) is 17.3. The Balaban J connectivity index is 2.09. The van der Waals surface area contributed by atoms with Crippen molar-refractivity contribution in [3.63, 3.8) is 0 Å². The summed E-state index contributed by atoms with van der Waals surface area (Å²) in [7, 11) is 6.50. The zero-order valence-electron chi connectivity index (χ0n) is 13.6. The van der Waals surface area contributed by atoms with E-state index in [9.17, 15) is 0 Å².